The van der Waals surface area contributed by atoms with E-state index in [1.165, 1.54) is 22.3 Å². The van der Waals surface area contributed by atoms with E-state index < -0.39 is 0 Å². The third-order valence-corrected chi connectivity index (χ3v) is 3.36. The molecule has 0 saturated carbocycles. The van der Waals surface area contributed by atoms with Crippen molar-refractivity contribution < 1.29 is 4.74 Å². The Morgan fingerprint density at radius 2 is 1.79 bits per heavy atom. The summed E-state index contributed by atoms with van der Waals surface area (Å²) >= 11 is 0. The van der Waals surface area contributed by atoms with Gasteiger partial charge in [0.1, 0.15) is 12.4 Å². The summed E-state index contributed by atoms with van der Waals surface area (Å²) in [5, 5.41) is 0. The summed E-state index contributed by atoms with van der Waals surface area (Å²) in [6, 6.07) is 14.9. The number of benzene rings is 2. The molecule has 0 N–H and O–H groups in total. The second-order valence-corrected chi connectivity index (χ2v) is 5.46. The van der Waals surface area contributed by atoms with Crippen molar-refractivity contribution in [2.75, 3.05) is 0 Å². The van der Waals surface area contributed by atoms with Crippen molar-refractivity contribution in [3.8, 4) is 5.75 Å². The Hall–Kier alpha value is -1.76. The van der Waals surface area contributed by atoms with E-state index in [0.29, 0.717) is 12.5 Å². The van der Waals surface area contributed by atoms with Gasteiger partial charge in [-0.25, -0.2) is 0 Å². The molecular formula is C18H22O. The normalized spacial score (nSPS) is 10.8. The Morgan fingerprint density at radius 3 is 2.47 bits per heavy atom. The van der Waals surface area contributed by atoms with Crippen LogP contribution in [0.5, 0.6) is 5.75 Å². The lowest BCUT2D eigenvalue weighted by atomic mass is 10.0. The zero-order chi connectivity index (χ0) is 13.8. The maximum Gasteiger partial charge on any atom is 0.122 e. The molecule has 0 aliphatic rings. The van der Waals surface area contributed by atoms with Gasteiger partial charge in [-0.1, -0.05) is 55.8 Å². The summed E-state index contributed by atoms with van der Waals surface area (Å²) < 4.78 is 5.97. The van der Waals surface area contributed by atoms with Crippen LogP contribution in [0.25, 0.3) is 0 Å². The Morgan fingerprint density at radius 1 is 1.00 bits per heavy atom. The molecule has 0 amide bonds. The molecule has 0 unspecified atom stereocenters. The second-order valence-electron chi connectivity index (χ2n) is 5.46. The van der Waals surface area contributed by atoms with Crippen LogP contribution in [0.15, 0.2) is 42.5 Å². The SMILES string of the molecule is Cc1cccc(COc2cc(C(C)C)ccc2C)c1. The van der Waals surface area contributed by atoms with Crippen LogP contribution in [0.1, 0.15) is 42.0 Å². The number of rotatable bonds is 4. The molecule has 2 rings (SSSR count). The van der Waals surface area contributed by atoms with Crippen LogP contribution in [-0.4, -0.2) is 0 Å². The molecule has 2 aromatic rings. The van der Waals surface area contributed by atoms with Crippen molar-refractivity contribution in [1.82, 2.24) is 0 Å². The maximum atomic E-state index is 5.97. The molecule has 19 heavy (non-hydrogen) atoms. The summed E-state index contributed by atoms with van der Waals surface area (Å²) in [5.41, 5.74) is 5.00. The average molecular weight is 254 g/mol. The van der Waals surface area contributed by atoms with Crippen LogP contribution < -0.4 is 4.74 Å². The average Bonchev–Trinajstić information content (AvgIpc) is 2.37. The van der Waals surface area contributed by atoms with Crippen LogP contribution in [0.2, 0.25) is 0 Å². The molecule has 0 heterocycles. The van der Waals surface area contributed by atoms with E-state index in [1.54, 1.807) is 0 Å². The molecule has 0 radical (unpaired) electrons. The minimum atomic E-state index is 0.530. The van der Waals surface area contributed by atoms with Crippen LogP contribution >= 0.6 is 0 Å². The molecule has 0 aliphatic carbocycles. The van der Waals surface area contributed by atoms with Crippen molar-refractivity contribution in [3.05, 3.63) is 64.7 Å². The predicted octanol–water partition coefficient (Wildman–Crippen LogP) is 5.01. The molecule has 1 nitrogen and oxygen atoms in total. The van der Waals surface area contributed by atoms with Crippen molar-refractivity contribution in [3.63, 3.8) is 0 Å². The Bertz CT molecular complexity index is 555. The molecular weight excluding hydrogens is 232 g/mol. The van der Waals surface area contributed by atoms with Gasteiger partial charge in [0.05, 0.1) is 0 Å². The quantitative estimate of drug-likeness (QED) is 0.745. The number of hydrogen-bond acceptors (Lipinski definition) is 1. The lowest BCUT2D eigenvalue weighted by molar-refractivity contribution is 0.303. The molecule has 0 atom stereocenters. The third-order valence-electron chi connectivity index (χ3n) is 3.36. The van der Waals surface area contributed by atoms with Crippen LogP contribution in [-0.2, 0) is 6.61 Å². The zero-order valence-corrected chi connectivity index (χ0v) is 12.2. The largest absolute Gasteiger partial charge is 0.489 e. The lowest BCUT2D eigenvalue weighted by Gasteiger charge is -2.13. The minimum absolute atomic E-state index is 0.530. The Balaban J connectivity index is 2.12. The molecule has 0 bridgehead atoms. The van der Waals surface area contributed by atoms with Gasteiger partial charge in [-0.3, -0.25) is 0 Å². The van der Waals surface area contributed by atoms with Gasteiger partial charge in [0.15, 0.2) is 0 Å². The lowest BCUT2D eigenvalue weighted by Crippen LogP contribution is -1.99. The molecule has 0 aromatic heterocycles. The van der Waals surface area contributed by atoms with E-state index in [9.17, 15) is 0 Å². The number of hydrogen-bond donors (Lipinski definition) is 0. The smallest absolute Gasteiger partial charge is 0.122 e. The Labute approximate surface area is 116 Å². The fraction of sp³-hybridized carbons (Fsp3) is 0.333. The number of ether oxygens (including phenoxy) is 1. The molecule has 100 valence electrons. The fourth-order valence-electron chi connectivity index (χ4n) is 2.09. The van der Waals surface area contributed by atoms with Gasteiger partial charge >= 0.3 is 0 Å². The van der Waals surface area contributed by atoms with Crippen molar-refractivity contribution in [1.29, 1.82) is 0 Å². The molecule has 0 saturated heterocycles. The standard InChI is InChI=1S/C18H22O/c1-13(2)17-9-8-15(4)18(11-17)19-12-16-7-5-6-14(3)10-16/h5-11,13H,12H2,1-4H3. The molecule has 1 heteroatoms. The first-order chi connectivity index (χ1) is 9.06. The van der Waals surface area contributed by atoms with Crippen LogP contribution in [0, 0.1) is 13.8 Å². The molecule has 0 aliphatic heterocycles. The van der Waals surface area contributed by atoms with Gasteiger partial charge in [-0.2, -0.15) is 0 Å². The predicted molar refractivity (Wildman–Crippen MR) is 80.8 cm³/mol. The van der Waals surface area contributed by atoms with Gasteiger partial charge in [0.25, 0.3) is 0 Å². The maximum absolute atomic E-state index is 5.97. The van der Waals surface area contributed by atoms with Gasteiger partial charge in [-0.15, -0.1) is 0 Å². The highest BCUT2D eigenvalue weighted by molar-refractivity contribution is 5.38. The first-order valence-electron chi connectivity index (χ1n) is 6.85. The van der Waals surface area contributed by atoms with Gasteiger partial charge < -0.3 is 4.74 Å². The van der Waals surface area contributed by atoms with Crippen molar-refractivity contribution >= 4 is 0 Å². The Kier molecular flexibility index (Phi) is 4.26. The number of aryl methyl sites for hydroxylation is 2. The highest BCUT2D eigenvalue weighted by atomic mass is 16.5. The summed E-state index contributed by atoms with van der Waals surface area (Å²) in [6.07, 6.45) is 0. The summed E-state index contributed by atoms with van der Waals surface area (Å²) in [4.78, 5) is 0. The van der Waals surface area contributed by atoms with Gasteiger partial charge in [0, 0.05) is 0 Å². The van der Waals surface area contributed by atoms with E-state index in [-0.39, 0.29) is 0 Å². The van der Waals surface area contributed by atoms with Gasteiger partial charge in [0.2, 0.25) is 0 Å². The zero-order valence-electron chi connectivity index (χ0n) is 12.2. The first-order valence-corrected chi connectivity index (χ1v) is 6.85. The van der Waals surface area contributed by atoms with Crippen molar-refractivity contribution in [2.24, 2.45) is 0 Å². The molecule has 0 spiro atoms. The van der Waals surface area contributed by atoms with E-state index >= 15 is 0 Å². The first kappa shape index (κ1) is 13.7. The highest BCUT2D eigenvalue weighted by Crippen LogP contribution is 2.25. The fourth-order valence-corrected chi connectivity index (χ4v) is 2.09. The van der Waals surface area contributed by atoms with E-state index in [4.69, 9.17) is 4.74 Å². The van der Waals surface area contributed by atoms with E-state index in [1.807, 2.05) is 0 Å². The topological polar surface area (TPSA) is 9.23 Å². The van der Waals surface area contributed by atoms with Crippen LogP contribution in [0.4, 0.5) is 0 Å². The summed E-state index contributed by atoms with van der Waals surface area (Å²) in [5.74, 6) is 1.52. The second kappa shape index (κ2) is 5.92. The minimum Gasteiger partial charge on any atom is -0.489 e. The third kappa shape index (κ3) is 3.60. The summed E-state index contributed by atoms with van der Waals surface area (Å²) in [6.45, 7) is 9.23. The monoisotopic (exact) mass is 254 g/mol. The molecule has 2 aromatic carbocycles. The highest BCUT2D eigenvalue weighted by Gasteiger charge is 2.05. The summed E-state index contributed by atoms with van der Waals surface area (Å²) in [7, 11) is 0. The molecule has 0 fully saturated rings. The van der Waals surface area contributed by atoms with Crippen molar-refractivity contribution in [2.45, 2.75) is 40.2 Å². The van der Waals surface area contributed by atoms with Gasteiger partial charge in [-0.05, 0) is 42.5 Å². The van der Waals surface area contributed by atoms with E-state index in [2.05, 4.69) is 70.2 Å². The van der Waals surface area contributed by atoms with Crippen LogP contribution in [0.3, 0.4) is 0 Å². The van der Waals surface area contributed by atoms with E-state index in [0.717, 1.165) is 5.75 Å².